The highest BCUT2D eigenvalue weighted by Gasteiger charge is 2.21. The van der Waals surface area contributed by atoms with E-state index in [1.807, 2.05) is 6.92 Å². The summed E-state index contributed by atoms with van der Waals surface area (Å²) in [4.78, 5) is 12.8. The molecule has 0 bridgehead atoms. The standard InChI is InChI=1S/C19H23NO6/c1-11-9-15(23-3)16(24-4)10-13(11)20-19(21)12-7-8-14(22-2)18(26-6)17(12)25-5/h7-10H,1-6H3,(H,20,21). The minimum atomic E-state index is -0.349. The molecule has 7 nitrogen and oxygen atoms in total. The fraction of sp³-hybridized carbons (Fsp3) is 0.316. The van der Waals surface area contributed by atoms with Gasteiger partial charge in [0, 0.05) is 11.8 Å². The maximum Gasteiger partial charge on any atom is 0.259 e. The number of hydrogen-bond donors (Lipinski definition) is 1. The molecule has 0 aliphatic heterocycles. The number of nitrogens with one attached hydrogen (secondary N) is 1. The normalized spacial score (nSPS) is 10.1. The van der Waals surface area contributed by atoms with Crippen LogP contribution in [0.4, 0.5) is 5.69 Å². The van der Waals surface area contributed by atoms with E-state index in [9.17, 15) is 4.79 Å². The third-order valence-electron chi connectivity index (χ3n) is 3.93. The van der Waals surface area contributed by atoms with E-state index in [1.165, 1.54) is 28.4 Å². The van der Waals surface area contributed by atoms with Crippen LogP contribution in [-0.2, 0) is 0 Å². The van der Waals surface area contributed by atoms with Crippen molar-refractivity contribution in [3.05, 3.63) is 35.4 Å². The van der Waals surface area contributed by atoms with Crippen molar-refractivity contribution in [3.63, 3.8) is 0 Å². The summed E-state index contributed by atoms with van der Waals surface area (Å²) in [5.41, 5.74) is 1.75. The second-order valence-corrected chi connectivity index (χ2v) is 5.36. The van der Waals surface area contributed by atoms with E-state index < -0.39 is 0 Å². The summed E-state index contributed by atoms with van der Waals surface area (Å²) in [5.74, 6) is 1.88. The Hall–Kier alpha value is -3.09. The van der Waals surface area contributed by atoms with Crippen molar-refractivity contribution in [1.29, 1.82) is 0 Å². The van der Waals surface area contributed by atoms with Crippen LogP contribution in [0.3, 0.4) is 0 Å². The summed E-state index contributed by atoms with van der Waals surface area (Å²) >= 11 is 0. The summed E-state index contributed by atoms with van der Waals surface area (Å²) in [6.07, 6.45) is 0. The number of hydrogen-bond acceptors (Lipinski definition) is 6. The van der Waals surface area contributed by atoms with Gasteiger partial charge in [0.05, 0.1) is 41.1 Å². The molecule has 0 radical (unpaired) electrons. The van der Waals surface area contributed by atoms with Gasteiger partial charge in [-0.3, -0.25) is 4.79 Å². The maximum atomic E-state index is 12.8. The van der Waals surface area contributed by atoms with E-state index in [-0.39, 0.29) is 5.91 Å². The van der Waals surface area contributed by atoms with Crippen molar-refractivity contribution in [2.24, 2.45) is 0 Å². The van der Waals surface area contributed by atoms with Crippen molar-refractivity contribution >= 4 is 11.6 Å². The van der Waals surface area contributed by atoms with Gasteiger partial charge in [-0.15, -0.1) is 0 Å². The van der Waals surface area contributed by atoms with Gasteiger partial charge >= 0.3 is 0 Å². The van der Waals surface area contributed by atoms with Crippen molar-refractivity contribution in [1.82, 2.24) is 0 Å². The highest BCUT2D eigenvalue weighted by molar-refractivity contribution is 6.07. The molecule has 2 rings (SSSR count). The summed E-state index contributed by atoms with van der Waals surface area (Å²) in [7, 11) is 7.57. The van der Waals surface area contributed by atoms with E-state index >= 15 is 0 Å². The third-order valence-corrected chi connectivity index (χ3v) is 3.93. The van der Waals surface area contributed by atoms with Crippen LogP contribution in [0.2, 0.25) is 0 Å². The zero-order chi connectivity index (χ0) is 19.3. The maximum absolute atomic E-state index is 12.8. The number of aryl methyl sites for hydroxylation is 1. The zero-order valence-electron chi connectivity index (χ0n) is 15.8. The molecule has 2 aromatic carbocycles. The second kappa shape index (κ2) is 8.33. The van der Waals surface area contributed by atoms with E-state index in [4.69, 9.17) is 23.7 Å². The number of rotatable bonds is 7. The van der Waals surface area contributed by atoms with Gasteiger partial charge in [0.25, 0.3) is 5.91 Å². The lowest BCUT2D eigenvalue weighted by atomic mass is 10.1. The predicted octanol–water partition coefficient (Wildman–Crippen LogP) is 3.29. The number of anilines is 1. The lowest BCUT2D eigenvalue weighted by Gasteiger charge is -2.17. The summed E-state index contributed by atoms with van der Waals surface area (Å²) in [5, 5.41) is 2.87. The van der Waals surface area contributed by atoms with Crippen LogP contribution in [0.1, 0.15) is 15.9 Å². The largest absolute Gasteiger partial charge is 0.493 e. The van der Waals surface area contributed by atoms with Crippen LogP contribution < -0.4 is 29.0 Å². The van der Waals surface area contributed by atoms with Gasteiger partial charge in [-0.1, -0.05) is 0 Å². The molecule has 0 saturated heterocycles. The number of carbonyl (C=O) groups is 1. The molecule has 26 heavy (non-hydrogen) atoms. The number of amides is 1. The van der Waals surface area contributed by atoms with Crippen LogP contribution >= 0.6 is 0 Å². The Morgan fingerprint density at radius 1 is 0.769 bits per heavy atom. The van der Waals surface area contributed by atoms with Crippen molar-refractivity contribution in [3.8, 4) is 28.7 Å². The molecule has 1 N–H and O–H groups in total. The van der Waals surface area contributed by atoms with Gasteiger partial charge in [0.2, 0.25) is 5.75 Å². The first-order valence-corrected chi connectivity index (χ1v) is 7.83. The van der Waals surface area contributed by atoms with Gasteiger partial charge < -0.3 is 29.0 Å². The van der Waals surface area contributed by atoms with E-state index in [0.29, 0.717) is 40.0 Å². The molecule has 2 aromatic rings. The minimum absolute atomic E-state index is 0.294. The molecule has 7 heteroatoms. The molecular formula is C19H23NO6. The molecule has 0 saturated carbocycles. The van der Waals surface area contributed by atoms with Gasteiger partial charge in [-0.2, -0.15) is 0 Å². The smallest absolute Gasteiger partial charge is 0.259 e. The number of methoxy groups -OCH3 is 5. The minimum Gasteiger partial charge on any atom is -0.493 e. The average molecular weight is 361 g/mol. The molecule has 0 heterocycles. The van der Waals surface area contributed by atoms with Gasteiger partial charge in [-0.25, -0.2) is 0 Å². The van der Waals surface area contributed by atoms with Gasteiger partial charge in [0.15, 0.2) is 23.0 Å². The predicted molar refractivity (Wildman–Crippen MR) is 98.3 cm³/mol. The molecule has 1 amide bonds. The molecule has 0 spiro atoms. The summed E-state index contributed by atoms with van der Waals surface area (Å²) < 4.78 is 26.5. The van der Waals surface area contributed by atoms with Crippen LogP contribution in [0.25, 0.3) is 0 Å². The molecule has 0 fully saturated rings. The van der Waals surface area contributed by atoms with Gasteiger partial charge in [0.1, 0.15) is 0 Å². The Morgan fingerprint density at radius 3 is 1.88 bits per heavy atom. The highest BCUT2D eigenvalue weighted by Crippen LogP contribution is 2.40. The fourth-order valence-corrected chi connectivity index (χ4v) is 2.59. The molecular weight excluding hydrogens is 338 g/mol. The SMILES string of the molecule is COc1cc(C)c(NC(=O)c2ccc(OC)c(OC)c2OC)cc1OC. The lowest BCUT2D eigenvalue weighted by Crippen LogP contribution is -2.15. The molecule has 0 unspecified atom stereocenters. The summed E-state index contributed by atoms with van der Waals surface area (Å²) in [6.45, 7) is 1.86. The number of ether oxygens (including phenoxy) is 5. The average Bonchev–Trinajstić information content (AvgIpc) is 2.67. The first-order valence-electron chi connectivity index (χ1n) is 7.83. The molecule has 0 atom stereocenters. The number of carbonyl (C=O) groups excluding carboxylic acids is 1. The molecule has 0 aliphatic rings. The third kappa shape index (κ3) is 3.61. The topological polar surface area (TPSA) is 75.3 Å². The van der Waals surface area contributed by atoms with Crippen LogP contribution in [-0.4, -0.2) is 41.5 Å². The van der Waals surface area contributed by atoms with Crippen molar-refractivity contribution in [2.45, 2.75) is 6.92 Å². The Bertz CT molecular complexity index is 803. The molecule has 0 aliphatic carbocycles. The van der Waals surface area contributed by atoms with Crippen molar-refractivity contribution < 1.29 is 28.5 Å². The molecule has 0 aromatic heterocycles. The van der Waals surface area contributed by atoms with E-state index in [2.05, 4.69) is 5.32 Å². The zero-order valence-corrected chi connectivity index (χ0v) is 15.8. The Balaban J connectivity index is 2.42. The highest BCUT2D eigenvalue weighted by atomic mass is 16.5. The second-order valence-electron chi connectivity index (χ2n) is 5.36. The molecule has 140 valence electrons. The van der Waals surface area contributed by atoms with Crippen LogP contribution in [0.5, 0.6) is 28.7 Å². The quantitative estimate of drug-likeness (QED) is 0.816. The van der Waals surface area contributed by atoms with Crippen LogP contribution in [0.15, 0.2) is 24.3 Å². The monoisotopic (exact) mass is 361 g/mol. The Labute approximate surface area is 152 Å². The summed E-state index contributed by atoms with van der Waals surface area (Å²) in [6, 6.07) is 6.77. The van der Waals surface area contributed by atoms with E-state index in [1.54, 1.807) is 31.4 Å². The van der Waals surface area contributed by atoms with E-state index in [0.717, 1.165) is 5.56 Å². The Kier molecular flexibility index (Phi) is 6.16. The number of benzene rings is 2. The lowest BCUT2D eigenvalue weighted by molar-refractivity contribution is 0.102. The first-order chi connectivity index (χ1) is 12.5. The fourth-order valence-electron chi connectivity index (χ4n) is 2.59. The van der Waals surface area contributed by atoms with Crippen LogP contribution in [0, 0.1) is 6.92 Å². The first kappa shape index (κ1) is 19.2. The van der Waals surface area contributed by atoms with Crippen molar-refractivity contribution in [2.75, 3.05) is 40.9 Å². The Morgan fingerprint density at radius 2 is 1.35 bits per heavy atom. The van der Waals surface area contributed by atoms with Gasteiger partial charge in [-0.05, 0) is 30.7 Å².